The Bertz CT molecular complexity index is 148. The fourth-order valence-corrected chi connectivity index (χ4v) is 1.35. The summed E-state index contributed by atoms with van der Waals surface area (Å²) in [5, 5.41) is 0. The van der Waals surface area contributed by atoms with E-state index in [0.717, 1.165) is 32.5 Å². The second-order valence-electron chi connectivity index (χ2n) is 3.22. The maximum absolute atomic E-state index is 5.54. The van der Waals surface area contributed by atoms with E-state index in [2.05, 4.69) is 19.1 Å². The average Bonchev–Trinajstić information content (AvgIpc) is 2.19. The van der Waals surface area contributed by atoms with Crippen LogP contribution in [-0.2, 0) is 9.47 Å². The van der Waals surface area contributed by atoms with Gasteiger partial charge in [-0.15, -0.1) is 6.08 Å². The molecule has 1 aliphatic heterocycles. The molecule has 1 aliphatic rings. The van der Waals surface area contributed by atoms with Crippen molar-refractivity contribution in [1.82, 2.24) is 0 Å². The first-order valence-electron chi connectivity index (χ1n) is 5.11. The molecule has 0 saturated carbocycles. The monoisotopic (exact) mass is 242 g/mol. The van der Waals surface area contributed by atoms with Crippen molar-refractivity contribution >= 4 is 23.1 Å². The van der Waals surface area contributed by atoms with E-state index < -0.39 is 0 Å². The Hall–Kier alpha value is 0.716. The number of rotatable bonds is 5. The molecular formula is C11H19ClMgO2. The molecule has 0 aromatic carbocycles. The Morgan fingerprint density at radius 1 is 1.33 bits per heavy atom. The fraction of sp³-hybridized carbons (Fsp3) is 0.727. The van der Waals surface area contributed by atoms with E-state index in [1.807, 2.05) is 0 Å². The third kappa shape index (κ3) is 9.63. The molecule has 1 fully saturated rings. The summed E-state index contributed by atoms with van der Waals surface area (Å²) in [5.41, 5.74) is 0. The smallest absolute Gasteiger partial charge is 1.00 e. The van der Waals surface area contributed by atoms with E-state index in [1.54, 1.807) is 0 Å². The maximum atomic E-state index is 5.54. The van der Waals surface area contributed by atoms with Crippen LogP contribution in [-0.4, -0.2) is 42.6 Å². The van der Waals surface area contributed by atoms with E-state index in [-0.39, 0.29) is 41.7 Å². The van der Waals surface area contributed by atoms with Gasteiger partial charge >= 0.3 is 23.1 Å². The van der Waals surface area contributed by atoms with Crippen molar-refractivity contribution in [3.05, 3.63) is 19.1 Å². The molecule has 0 aliphatic carbocycles. The van der Waals surface area contributed by atoms with Crippen molar-refractivity contribution in [1.29, 1.82) is 0 Å². The van der Waals surface area contributed by atoms with Gasteiger partial charge in [0.2, 0.25) is 0 Å². The predicted molar refractivity (Wildman–Crippen MR) is 59.0 cm³/mol. The van der Waals surface area contributed by atoms with Gasteiger partial charge in [-0.05, 0) is 25.7 Å². The van der Waals surface area contributed by atoms with E-state index >= 15 is 0 Å². The van der Waals surface area contributed by atoms with E-state index in [0.29, 0.717) is 0 Å². The zero-order valence-corrected chi connectivity index (χ0v) is 11.5. The molecule has 0 bridgehead atoms. The van der Waals surface area contributed by atoms with Gasteiger partial charge in [0.15, 0.2) is 6.29 Å². The quantitative estimate of drug-likeness (QED) is 0.276. The molecule has 0 aromatic heterocycles. The van der Waals surface area contributed by atoms with Crippen molar-refractivity contribution < 1.29 is 21.9 Å². The Morgan fingerprint density at radius 2 is 2.13 bits per heavy atom. The van der Waals surface area contributed by atoms with Crippen LogP contribution < -0.4 is 12.4 Å². The molecule has 1 saturated heterocycles. The van der Waals surface area contributed by atoms with Crippen LogP contribution in [0.4, 0.5) is 0 Å². The first-order chi connectivity index (χ1) is 6.43. The van der Waals surface area contributed by atoms with Crippen LogP contribution in [0.2, 0.25) is 0 Å². The molecule has 0 aromatic rings. The zero-order valence-electron chi connectivity index (χ0n) is 9.29. The van der Waals surface area contributed by atoms with E-state index in [9.17, 15) is 0 Å². The maximum Gasteiger partial charge on any atom is 2.00 e. The number of hydrogen-bond acceptors (Lipinski definition) is 2. The van der Waals surface area contributed by atoms with Gasteiger partial charge in [0.25, 0.3) is 0 Å². The Kier molecular flexibility index (Phi) is 15.4. The second kappa shape index (κ2) is 12.8. The number of ether oxygens (including phenoxy) is 2. The van der Waals surface area contributed by atoms with Crippen LogP contribution in [0, 0.1) is 6.92 Å². The Morgan fingerprint density at radius 3 is 2.73 bits per heavy atom. The first-order valence-corrected chi connectivity index (χ1v) is 5.11. The minimum absolute atomic E-state index is 0. The average molecular weight is 243 g/mol. The summed E-state index contributed by atoms with van der Waals surface area (Å²) in [6, 6.07) is 0. The molecule has 0 N–H and O–H groups in total. The Balaban J connectivity index is 0. The number of allylic oxidation sites excluding steroid dienone is 1. The molecule has 1 atom stereocenters. The first kappa shape index (κ1) is 18.1. The van der Waals surface area contributed by atoms with Crippen molar-refractivity contribution in [2.45, 2.75) is 38.4 Å². The molecule has 84 valence electrons. The molecule has 0 spiro atoms. The molecule has 2 nitrogen and oxygen atoms in total. The van der Waals surface area contributed by atoms with Crippen molar-refractivity contribution in [2.75, 3.05) is 13.2 Å². The standard InChI is InChI=1S/C11H19O2.ClH.Mg/c1-2-3-4-6-9-12-11-8-5-7-10-13-11;;/h3-4,11H,1-2,5-10H2;1H;/q-1;;+2/p-1/b4-3-;;. The third-order valence-electron chi connectivity index (χ3n) is 2.06. The van der Waals surface area contributed by atoms with Gasteiger partial charge in [-0.3, -0.25) is 0 Å². The summed E-state index contributed by atoms with van der Waals surface area (Å²) >= 11 is 0. The third-order valence-corrected chi connectivity index (χ3v) is 2.06. The molecular weight excluding hydrogens is 224 g/mol. The zero-order chi connectivity index (χ0) is 9.36. The van der Waals surface area contributed by atoms with Gasteiger partial charge in [0.1, 0.15) is 0 Å². The SMILES string of the molecule is [CH2-]C/C=C\CCOC1CCCCO1.[Cl-].[Mg+2]. The van der Waals surface area contributed by atoms with Crippen LogP contribution in [0.3, 0.4) is 0 Å². The minimum Gasteiger partial charge on any atom is -1.00 e. The summed E-state index contributed by atoms with van der Waals surface area (Å²) in [4.78, 5) is 0. The van der Waals surface area contributed by atoms with Crippen LogP contribution in [0.25, 0.3) is 0 Å². The summed E-state index contributed by atoms with van der Waals surface area (Å²) in [7, 11) is 0. The van der Waals surface area contributed by atoms with Gasteiger partial charge in [-0.25, -0.2) is 0 Å². The van der Waals surface area contributed by atoms with Gasteiger partial charge in [0.05, 0.1) is 6.61 Å². The van der Waals surface area contributed by atoms with Gasteiger partial charge < -0.3 is 28.8 Å². The number of halogens is 1. The van der Waals surface area contributed by atoms with Crippen molar-refractivity contribution in [3.8, 4) is 0 Å². The van der Waals surface area contributed by atoms with Crippen LogP contribution >= 0.6 is 0 Å². The normalized spacial score (nSPS) is 20.7. The predicted octanol–water partition coefficient (Wildman–Crippen LogP) is -0.677. The van der Waals surface area contributed by atoms with Gasteiger partial charge in [0, 0.05) is 6.61 Å². The van der Waals surface area contributed by atoms with E-state index in [1.165, 1.54) is 12.8 Å². The summed E-state index contributed by atoms with van der Waals surface area (Å²) in [6.07, 6.45) is 9.53. The molecule has 0 amide bonds. The molecule has 4 heteroatoms. The van der Waals surface area contributed by atoms with Gasteiger partial charge in [-0.1, -0.05) is 6.08 Å². The molecule has 1 rings (SSSR count). The second-order valence-corrected chi connectivity index (χ2v) is 3.22. The topological polar surface area (TPSA) is 18.5 Å². The molecule has 0 radical (unpaired) electrons. The summed E-state index contributed by atoms with van der Waals surface area (Å²) in [5.74, 6) is 0. The van der Waals surface area contributed by atoms with Crippen LogP contribution in [0.5, 0.6) is 0 Å². The molecule has 1 heterocycles. The molecule has 1 unspecified atom stereocenters. The minimum atomic E-state index is 0. The van der Waals surface area contributed by atoms with Gasteiger partial charge in [-0.2, -0.15) is 6.42 Å². The number of hydrogen-bond donors (Lipinski definition) is 0. The Labute approximate surface area is 115 Å². The largest absolute Gasteiger partial charge is 2.00 e. The fourth-order valence-electron chi connectivity index (χ4n) is 1.35. The van der Waals surface area contributed by atoms with E-state index in [4.69, 9.17) is 9.47 Å². The summed E-state index contributed by atoms with van der Waals surface area (Å²) in [6.45, 7) is 5.35. The van der Waals surface area contributed by atoms with Crippen LogP contribution in [0.15, 0.2) is 12.2 Å². The van der Waals surface area contributed by atoms with Crippen LogP contribution in [0.1, 0.15) is 32.1 Å². The van der Waals surface area contributed by atoms with Crippen molar-refractivity contribution in [3.63, 3.8) is 0 Å². The summed E-state index contributed by atoms with van der Waals surface area (Å²) < 4.78 is 11.0. The van der Waals surface area contributed by atoms with Crippen molar-refractivity contribution in [2.24, 2.45) is 0 Å². The molecule has 15 heavy (non-hydrogen) atoms.